The molecule has 1 N–H and O–H groups in total. The van der Waals surface area contributed by atoms with Crippen molar-refractivity contribution in [2.24, 2.45) is 0 Å². The van der Waals surface area contributed by atoms with Crippen LogP contribution in [0.2, 0.25) is 10.0 Å². The molecule has 0 atom stereocenters. The Morgan fingerprint density at radius 2 is 1.73 bits per heavy atom. The summed E-state index contributed by atoms with van der Waals surface area (Å²) in [5.74, 6) is 0.151. The number of amides is 1. The summed E-state index contributed by atoms with van der Waals surface area (Å²) in [6, 6.07) is 10.8. The number of ether oxygens (including phenoxy) is 1. The molecular formula is C14H11Cl2NO4S. The maximum Gasteiger partial charge on any atom is 0.264 e. The fraction of sp³-hybridized carbons (Fsp3) is 0.0714. The number of hydrogen-bond donors (Lipinski definition) is 1. The van der Waals surface area contributed by atoms with Crippen molar-refractivity contribution >= 4 is 39.1 Å². The van der Waals surface area contributed by atoms with Gasteiger partial charge in [0.05, 0.1) is 11.3 Å². The van der Waals surface area contributed by atoms with Crippen LogP contribution in [0.4, 0.5) is 0 Å². The quantitative estimate of drug-likeness (QED) is 0.906. The second-order valence-corrected chi connectivity index (χ2v) is 7.00. The Morgan fingerprint density at radius 3 is 2.27 bits per heavy atom. The Labute approximate surface area is 137 Å². The van der Waals surface area contributed by atoms with Gasteiger partial charge in [0.15, 0.2) is 0 Å². The molecule has 0 heterocycles. The summed E-state index contributed by atoms with van der Waals surface area (Å²) in [4.78, 5) is 11.7. The molecule has 0 aliphatic rings. The number of carbonyl (C=O) groups is 1. The molecule has 0 aliphatic heterocycles. The summed E-state index contributed by atoms with van der Waals surface area (Å²) in [7, 11) is -3.60. The zero-order valence-electron chi connectivity index (χ0n) is 11.3. The summed E-state index contributed by atoms with van der Waals surface area (Å²) in [6.45, 7) is 0. The standard InChI is InChI=1S/C14H11Cl2NO4S/c1-22(19,20)17-14(18)9-2-5-11(6-3-9)21-13-7-4-10(15)8-12(13)16/h2-8H,1H3,(H,17,18). The Balaban J connectivity index is 2.13. The second-order valence-electron chi connectivity index (χ2n) is 4.40. The number of sulfonamides is 1. The molecule has 5 nitrogen and oxygen atoms in total. The normalized spacial score (nSPS) is 11.0. The summed E-state index contributed by atoms with van der Waals surface area (Å²) < 4.78 is 29.4. The molecule has 0 aliphatic carbocycles. The first-order valence-corrected chi connectivity index (χ1v) is 8.64. The second kappa shape index (κ2) is 6.56. The monoisotopic (exact) mass is 359 g/mol. The molecule has 0 unspecified atom stereocenters. The van der Waals surface area contributed by atoms with E-state index in [0.717, 1.165) is 6.26 Å². The van der Waals surface area contributed by atoms with Crippen molar-refractivity contribution in [2.45, 2.75) is 0 Å². The van der Waals surface area contributed by atoms with Gasteiger partial charge in [-0.15, -0.1) is 0 Å². The highest BCUT2D eigenvalue weighted by Gasteiger charge is 2.11. The van der Waals surface area contributed by atoms with E-state index in [0.29, 0.717) is 21.5 Å². The molecule has 0 fully saturated rings. The van der Waals surface area contributed by atoms with Gasteiger partial charge in [0.2, 0.25) is 10.0 Å². The van der Waals surface area contributed by atoms with E-state index in [2.05, 4.69) is 0 Å². The molecule has 2 aromatic carbocycles. The number of nitrogens with one attached hydrogen (secondary N) is 1. The van der Waals surface area contributed by atoms with Crippen LogP contribution in [0.25, 0.3) is 0 Å². The maximum absolute atomic E-state index is 11.7. The van der Waals surface area contributed by atoms with Gasteiger partial charge in [0.25, 0.3) is 5.91 Å². The molecule has 0 radical (unpaired) electrons. The van der Waals surface area contributed by atoms with Crippen molar-refractivity contribution in [1.29, 1.82) is 0 Å². The summed E-state index contributed by atoms with van der Waals surface area (Å²) in [6.07, 6.45) is 0.908. The number of benzene rings is 2. The van der Waals surface area contributed by atoms with E-state index in [1.165, 1.54) is 24.3 Å². The van der Waals surface area contributed by atoms with Crippen LogP contribution in [0.3, 0.4) is 0 Å². The molecule has 2 aromatic rings. The highest BCUT2D eigenvalue weighted by molar-refractivity contribution is 7.89. The van der Waals surface area contributed by atoms with Gasteiger partial charge in [-0.2, -0.15) is 0 Å². The summed E-state index contributed by atoms with van der Waals surface area (Å²) >= 11 is 11.8. The molecular weight excluding hydrogens is 349 g/mol. The van der Waals surface area contributed by atoms with Crippen LogP contribution in [0.1, 0.15) is 10.4 Å². The van der Waals surface area contributed by atoms with Crippen LogP contribution in [0.15, 0.2) is 42.5 Å². The van der Waals surface area contributed by atoms with Crippen LogP contribution in [0.5, 0.6) is 11.5 Å². The van der Waals surface area contributed by atoms with E-state index in [4.69, 9.17) is 27.9 Å². The average Bonchev–Trinajstić information content (AvgIpc) is 2.41. The van der Waals surface area contributed by atoms with Gasteiger partial charge in [0, 0.05) is 10.6 Å². The molecule has 116 valence electrons. The van der Waals surface area contributed by atoms with Gasteiger partial charge in [-0.05, 0) is 42.5 Å². The lowest BCUT2D eigenvalue weighted by Crippen LogP contribution is -2.29. The van der Waals surface area contributed by atoms with Crippen LogP contribution in [-0.4, -0.2) is 20.6 Å². The summed E-state index contributed by atoms with van der Waals surface area (Å²) in [5, 5.41) is 0.844. The third-order valence-corrected chi connectivity index (χ3v) is 3.60. The first-order chi connectivity index (χ1) is 10.2. The largest absolute Gasteiger partial charge is 0.456 e. The molecule has 8 heteroatoms. The lowest BCUT2D eigenvalue weighted by Gasteiger charge is -2.08. The molecule has 0 saturated heterocycles. The molecule has 0 aromatic heterocycles. The van der Waals surface area contributed by atoms with Gasteiger partial charge in [-0.3, -0.25) is 4.79 Å². The van der Waals surface area contributed by atoms with E-state index < -0.39 is 15.9 Å². The lowest BCUT2D eigenvalue weighted by molar-refractivity contribution is 0.0981. The van der Waals surface area contributed by atoms with E-state index in [9.17, 15) is 13.2 Å². The smallest absolute Gasteiger partial charge is 0.264 e. The Kier molecular flexibility index (Phi) is 4.95. The Bertz CT molecular complexity index is 804. The highest BCUT2D eigenvalue weighted by atomic mass is 35.5. The average molecular weight is 360 g/mol. The minimum atomic E-state index is -3.60. The first kappa shape index (κ1) is 16.6. The minimum Gasteiger partial charge on any atom is -0.456 e. The number of rotatable bonds is 4. The molecule has 2 rings (SSSR count). The highest BCUT2D eigenvalue weighted by Crippen LogP contribution is 2.31. The van der Waals surface area contributed by atoms with Crippen LogP contribution >= 0.6 is 23.2 Å². The maximum atomic E-state index is 11.7. The van der Waals surface area contributed by atoms with Crippen LogP contribution < -0.4 is 9.46 Å². The molecule has 0 saturated carbocycles. The molecule has 1 amide bonds. The Morgan fingerprint density at radius 1 is 1.09 bits per heavy atom. The number of carbonyl (C=O) groups excluding carboxylic acids is 1. The minimum absolute atomic E-state index is 0.194. The van der Waals surface area contributed by atoms with Gasteiger partial charge < -0.3 is 4.74 Å². The van der Waals surface area contributed by atoms with E-state index in [-0.39, 0.29) is 5.56 Å². The fourth-order valence-corrected chi connectivity index (χ4v) is 2.49. The number of halogens is 2. The zero-order valence-corrected chi connectivity index (χ0v) is 13.7. The van der Waals surface area contributed by atoms with Crippen LogP contribution in [0, 0.1) is 0 Å². The fourth-order valence-electron chi connectivity index (χ4n) is 1.59. The van der Waals surface area contributed by atoms with E-state index >= 15 is 0 Å². The SMILES string of the molecule is CS(=O)(=O)NC(=O)c1ccc(Oc2ccc(Cl)cc2Cl)cc1. The van der Waals surface area contributed by atoms with Gasteiger partial charge >= 0.3 is 0 Å². The van der Waals surface area contributed by atoms with E-state index in [1.807, 2.05) is 4.72 Å². The predicted octanol–water partition coefficient (Wildman–Crippen LogP) is 3.48. The predicted molar refractivity (Wildman–Crippen MR) is 85.3 cm³/mol. The van der Waals surface area contributed by atoms with Crippen molar-refractivity contribution in [3.63, 3.8) is 0 Å². The topological polar surface area (TPSA) is 72.5 Å². The van der Waals surface area contributed by atoms with Crippen molar-refractivity contribution in [3.8, 4) is 11.5 Å². The molecule has 0 bridgehead atoms. The van der Waals surface area contributed by atoms with Gasteiger partial charge in [-0.25, -0.2) is 13.1 Å². The van der Waals surface area contributed by atoms with Crippen molar-refractivity contribution in [3.05, 3.63) is 58.1 Å². The van der Waals surface area contributed by atoms with Crippen molar-refractivity contribution in [2.75, 3.05) is 6.26 Å². The van der Waals surface area contributed by atoms with Gasteiger partial charge in [-0.1, -0.05) is 23.2 Å². The van der Waals surface area contributed by atoms with Crippen LogP contribution in [-0.2, 0) is 10.0 Å². The third-order valence-electron chi connectivity index (χ3n) is 2.52. The first-order valence-electron chi connectivity index (χ1n) is 6.00. The zero-order chi connectivity index (χ0) is 16.3. The van der Waals surface area contributed by atoms with Crippen molar-refractivity contribution < 1.29 is 17.9 Å². The van der Waals surface area contributed by atoms with E-state index in [1.54, 1.807) is 18.2 Å². The lowest BCUT2D eigenvalue weighted by atomic mass is 10.2. The third kappa shape index (κ3) is 4.62. The molecule has 0 spiro atoms. The molecule has 22 heavy (non-hydrogen) atoms. The van der Waals surface area contributed by atoms with Crippen molar-refractivity contribution in [1.82, 2.24) is 4.72 Å². The van der Waals surface area contributed by atoms with Gasteiger partial charge in [0.1, 0.15) is 11.5 Å². The number of hydrogen-bond acceptors (Lipinski definition) is 4. The summed E-state index contributed by atoms with van der Waals surface area (Å²) in [5.41, 5.74) is 0.194. The Hall–Kier alpha value is -1.76.